The van der Waals surface area contributed by atoms with Gasteiger partial charge in [0.05, 0.1) is 0 Å². The van der Waals surface area contributed by atoms with E-state index in [1.165, 1.54) is 18.2 Å². The van der Waals surface area contributed by atoms with Crippen LogP contribution in [0.5, 0.6) is 0 Å². The smallest absolute Gasteiger partial charge is 0.312 e. The number of Topliss-reactive ketones (excluding diaryl/α,β-unsaturated/α-hetero) is 1. The van der Waals surface area contributed by atoms with Crippen molar-refractivity contribution in [2.24, 2.45) is 5.73 Å². The van der Waals surface area contributed by atoms with Gasteiger partial charge in [0.2, 0.25) is 0 Å². The highest BCUT2D eigenvalue weighted by molar-refractivity contribution is 5.90. The average Bonchev–Trinajstić information content (AvgIpc) is 2.19. The molecule has 0 aliphatic carbocycles. The Hall–Kier alpha value is -1.43. The molecule has 0 bridgehead atoms. The first-order valence-corrected chi connectivity index (χ1v) is 4.78. The summed E-state index contributed by atoms with van der Waals surface area (Å²) in [6, 6.07) is 5.14. The van der Waals surface area contributed by atoms with Crippen LogP contribution in [0.2, 0.25) is 0 Å². The van der Waals surface area contributed by atoms with Crippen LogP contribution in [0.4, 0.5) is 17.6 Å². The fourth-order valence-electron chi connectivity index (χ4n) is 1.16. The molecule has 0 aliphatic heterocycles. The summed E-state index contributed by atoms with van der Waals surface area (Å²) in [6.45, 7) is 0.580. The van der Waals surface area contributed by atoms with Gasteiger partial charge in [-0.15, -0.1) is 0 Å². The van der Waals surface area contributed by atoms with Crippen LogP contribution in [0.3, 0.4) is 0 Å². The van der Waals surface area contributed by atoms with Gasteiger partial charge < -0.3 is 5.73 Å². The molecular weight excluding hydrogens is 238 g/mol. The van der Waals surface area contributed by atoms with E-state index in [-0.39, 0.29) is 5.56 Å². The van der Waals surface area contributed by atoms with Crippen LogP contribution in [0, 0.1) is 5.82 Å². The first-order valence-electron chi connectivity index (χ1n) is 4.78. The minimum absolute atomic E-state index is 0.0987. The third-order valence-corrected chi connectivity index (χ3v) is 2.48. The van der Waals surface area contributed by atoms with Gasteiger partial charge in [-0.25, -0.2) is 4.39 Å². The molecule has 1 aromatic carbocycles. The summed E-state index contributed by atoms with van der Waals surface area (Å²) in [5, 5.41) is 0. The maximum Gasteiger partial charge on any atom is 0.413 e. The lowest BCUT2D eigenvalue weighted by Gasteiger charge is -2.25. The average molecular weight is 249 g/mol. The highest BCUT2D eigenvalue weighted by Gasteiger charge is 2.53. The Bertz CT molecular complexity index is 426. The van der Waals surface area contributed by atoms with Crippen molar-refractivity contribution in [3.05, 3.63) is 35.6 Å². The third kappa shape index (κ3) is 2.82. The second-order valence-electron chi connectivity index (χ2n) is 3.89. The van der Waals surface area contributed by atoms with Crippen molar-refractivity contribution in [1.29, 1.82) is 0 Å². The Balaban J connectivity index is 2.91. The zero-order chi connectivity index (χ0) is 13.3. The Morgan fingerprint density at radius 2 is 1.82 bits per heavy atom. The molecule has 17 heavy (non-hydrogen) atoms. The Morgan fingerprint density at radius 3 is 2.29 bits per heavy atom. The molecule has 0 heterocycles. The second kappa shape index (κ2) is 4.44. The number of rotatable bonds is 3. The lowest BCUT2D eigenvalue weighted by Crippen LogP contribution is -2.57. The quantitative estimate of drug-likeness (QED) is 0.834. The summed E-state index contributed by atoms with van der Waals surface area (Å²) in [6.07, 6.45) is -5.53. The fourth-order valence-corrected chi connectivity index (χ4v) is 1.16. The van der Waals surface area contributed by atoms with Crippen LogP contribution in [-0.4, -0.2) is 17.5 Å². The molecule has 0 aliphatic rings. The van der Waals surface area contributed by atoms with Crippen molar-refractivity contribution in [2.75, 3.05) is 0 Å². The summed E-state index contributed by atoms with van der Waals surface area (Å²) in [5.41, 5.74) is 1.88. The molecule has 0 radical (unpaired) electrons. The summed E-state index contributed by atoms with van der Waals surface area (Å²) in [5.74, 6) is -1.99. The van der Waals surface area contributed by atoms with Crippen molar-refractivity contribution >= 4 is 5.78 Å². The summed E-state index contributed by atoms with van der Waals surface area (Å²) in [4.78, 5) is 11.4. The molecule has 0 spiro atoms. The van der Waals surface area contributed by atoms with E-state index in [2.05, 4.69) is 0 Å². The molecule has 0 amide bonds. The lowest BCUT2D eigenvalue weighted by molar-refractivity contribution is -0.185. The molecule has 0 aromatic heterocycles. The van der Waals surface area contributed by atoms with Gasteiger partial charge in [0.15, 0.2) is 11.3 Å². The van der Waals surface area contributed by atoms with Crippen molar-refractivity contribution < 1.29 is 22.4 Å². The summed E-state index contributed by atoms with van der Waals surface area (Å²) < 4.78 is 50.5. The van der Waals surface area contributed by atoms with Crippen molar-refractivity contribution in [3.63, 3.8) is 0 Å². The normalized spacial score (nSPS) is 15.4. The topological polar surface area (TPSA) is 43.1 Å². The van der Waals surface area contributed by atoms with Gasteiger partial charge in [0.1, 0.15) is 5.82 Å². The third-order valence-electron chi connectivity index (χ3n) is 2.48. The Morgan fingerprint density at radius 1 is 1.29 bits per heavy atom. The van der Waals surface area contributed by atoms with Crippen molar-refractivity contribution in [1.82, 2.24) is 0 Å². The van der Waals surface area contributed by atoms with Crippen LogP contribution in [0.15, 0.2) is 24.3 Å². The highest BCUT2D eigenvalue weighted by Crippen LogP contribution is 2.29. The SMILES string of the molecule is CC(N)(C(=O)Cc1ccccc1F)C(F)(F)F. The van der Waals surface area contributed by atoms with Crippen molar-refractivity contribution in [3.8, 4) is 0 Å². The maximum absolute atomic E-state index is 13.2. The Kier molecular flexibility index (Phi) is 3.56. The van der Waals surface area contributed by atoms with Gasteiger partial charge in [0, 0.05) is 6.42 Å². The zero-order valence-electron chi connectivity index (χ0n) is 9.01. The van der Waals surface area contributed by atoms with Crippen LogP contribution in [0.1, 0.15) is 12.5 Å². The number of ketones is 1. The fraction of sp³-hybridized carbons (Fsp3) is 0.364. The van der Waals surface area contributed by atoms with E-state index in [0.29, 0.717) is 6.92 Å². The number of halogens is 4. The molecule has 2 N–H and O–H groups in total. The number of benzene rings is 1. The molecule has 1 unspecified atom stereocenters. The van der Waals surface area contributed by atoms with Crippen LogP contribution in [0.25, 0.3) is 0 Å². The highest BCUT2D eigenvalue weighted by atomic mass is 19.4. The standard InChI is InChI=1S/C11H11F4NO/c1-10(16,11(13,14)15)9(17)6-7-4-2-3-5-8(7)12/h2-5H,6,16H2,1H3. The first-order chi connectivity index (χ1) is 7.66. The number of hydrogen-bond acceptors (Lipinski definition) is 2. The van der Waals surface area contributed by atoms with Crippen molar-refractivity contribution in [2.45, 2.75) is 25.1 Å². The molecule has 1 aromatic rings. The van der Waals surface area contributed by atoms with E-state index in [1.54, 1.807) is 0 Å². The lowest BCUT2D eigenvalue weighted by atomic mass is 9.92. The van der Waals surface area contributed by atoms with Gasteiger partial charge in [-0.2, -0.15) is 13.2 Å². The molecule has 0 saturated carbocycles. The van der Waals surface area contributed by atoms with E-state index in [4.69, 9.17) is 5.73 Å². The zero-order valence-corrected chi connectivity index (χ0v) is 9.01. The summed E-state index contributed by atoms with van der Waals surface area (Å²) in [7, 11) is 0. The van der Waals surface area contributed by atoms with Gasteiger partial charge in [-0.1, -0.05) is 18.2 Å². The summed E-state index contributed by atoms with van der Waals surface area (Å²) >= 11 is 0. The maximum atomic E-state index is 13.2. The van der Waals surface area contributed by atoms with Gasteiger partial charge in [-0.3, -0.25) is 4.79 Å². The molecule has 2 nitrogen and oxygen atoms in total. The van der Waals surface area contributed by atoms with Crippen LogP contribution < -0.4 is 5.73 Å². The molecule has 6 heteroatoms. The minimum Gasteiger partial charge on any atom is -0.312 e. The number of carbonyl (C=O) groups is 1. The molecule has 0 saturated heterocycles. The number of carbonyl (C=O) groups excluding carboxylic acids is 1. The Labute approximate surface area is 95.4 Å². The van der Waals surface area contributed by atoms with Gasteiger partial charge in [0.25, 0.3) is 0 Å². The largest absolute Gasteiger partial charge is 0.413 e. The molecule has 94 valence electrons. The first kappa shape index (κ1) is 13.6. The monoisotopic (exact) mass is 249 g/mol. The predicted octanol–water partition coefficient (Wildman–Crippen LogP) is 2.22. The number of alkyl halides is 3. The minimum atomic E-state index is -4.85. The van der Waals surface area contributed by atoms with Gasteiger partial charge in [-0.05, 0) is 18.6 Å². The molecule has 1 rings (SSSR count). The predicted molar refractivity (Wildman–Crippen MR) is 53.8 cm³/mol. The van der Waals surface area contributed by atoms with E-state index < -0.39 is 29.7 Å². The molecule has 0 fully saturated rings. The van der Waals surface area contributed by atoms with E-state index in [9.17, 15) is 22.4 Å². The van der Waals surface area contributed by atoms with Crippen LogP contribution in [-0.2, 0) is 11.2 Å². The van der Waals surface area contributed by atoms with Crippen LogP contribution >= 0.6 is 0 Å². The number of hydrogen-bond donors (Lipinski definition) is 1. The molecule has 1 atom stereocenters. The van der Waals surface area contributed by atoms with Gasteiger partial charge >= 0.3 is 6.18 Å². The van der Waals surface area contributed by atoms with E-state index in [0.717, 1.165) is 6.07 Å². The number of nitrogens with two attached hydrogens (primary N) is 1. The van der Waals surface area contributed by atoms with E-state index >= 15 is 0 Å². The van der Waals surface area contributed by atoms with E-state index in [1.807, 2.05) is 0 Å². The molecular formula is C11H11F4NO. The second-order valence-corrected chi connectivity index (χ2v) is 3.89.